The summed E-state index contributed by atoms with van der Waals surface area (Å²) >= 11 is 6.98. The van der Waals surface area contributed by atoms with Crippen molar-refractivity contribution in [2.24, 2.45) is 0 Å². The minimum absolute atomic E-state index is 0.129. The molecular formula is C16H17NOS2. The molecule has 0 fully saturated rings. The van der Waals surface area contributed by atoms with Gasteiger partial charge in [0.05, 0.1) is 0 Å². The summed E-state index contributed by atoms with van der Waals surface area (Å²) in [6.45, 7) is 2.06. The van der Waals surface area contributed by atoms with Crippen LogP contribution in [0.25, 0.3) is 0 Å². The third kappa shape index (κ3) is 3.19. The Kier molecular flexibility index (Phi) is 4.03. The van der Waals surface area contributed by atoms with Gasteiger partial charge in [-0.05, 0) is 60.6 Å². The van der Waals surface area contributed by atoms with E-state index in [-0.39, 0.29) is 6.10 Å². The van der Waals surface area contributed by atoms with E-state index in [2.05, 4.69) is 48.0 Å². The highest BCUT2D eigenvalue weighted by molar-refractivity contribution is 7.80. The Bertz CT molecular complexity index is 607. The molecule has 0 saturated heterocycles. The average molecular weight is 303 g/mol. The quantitative estimate of drug-likeness (QED) is 0.859. The highest BCUT2D eigenvalue weighted by Gasteiger charge is 2.16. The first kappa shape index (κ1) is 13.6. The fourth-order valence-electron chi connectivity index (χ4n) is 2.49. The molecule has 4 heteroatoms. The Morgan fingerprint density at radius 2 is 2.25 bits per heavy atom. The van der Waals surface area contributed by atoms with E-state index < -0.39 is 0 Å². The number of thiocarbonyl (C=S) groups is 1. The highest BCUT2D eigenvalue weighted by atomic mass is 32.1. The van der Waals surface area contributed by atoms with Gasteiger partial charge in [-0.2, -0.15) is 0 Å². The number of fused-ring (bicyclic) bond motifs is 1. The normalized spacial score (nSPS) is 17.9. The van der Waals surface area contributed by atoms with E-state index in [1.807, 2.05) is 11.3 Å². The van der Waals surface area contributed by atoms with E-state index in [0.717, 1.165) is 24.9 Å². The van der Waals surface area contributed by atoms with E-state index in [1.165, 1.54) is 16.0 Å². The van der Waals surface area contributed by atoms with Gasteiger partial charge >= 0.3 is 0 Å². The number of hydrogen-bond acceptors (Lipinski definition) is 3. The summed E-state index contributed by atoms with van der Waals surface area (Å²) < 4.78 is 5.57. The van der Waals surface area contributed by atoms with Crippen molar-refractivity contribution in [2.45, 2.75) is 32.3 Å². The van der Waals surface area contributed by atoms with Crippen LogP contribution in [-0.2, 0) is 24.0 Å². The number of thiophene rings is 1. The molecule has 0 radical (unpaired) electrons. The van der Waals surface area contributed by atoms with Gasteiger partial charge in [0.1, 0.15) is 6.10 Å². The van der Waals surface area contributed by atoms with E-state index in [0.29, 0.717) is 5.17 Å². The molecular weight excluding hydrogens is 286 g/mol. The average Bonchev–Trinajstić information content (AvgIpc) is 2.87. The lowest BCUT2D eigenvalue weighted by atomic mass is 10.0. The SMILES string of the molecule is CC1Cc2cc(CCc3cccs3)ccc2NC(=S)O1. The number of anilines is 1. The topological polar surface area (TPSA) is 21.3 Å². The molecule has 0 spiro atoms. The zero-order valence-corrected chi connectivity index (χ0v) is 13.0. The third-order valence-corrected chi connectivity index (χ3v) is 4.60. The van der Waals surface area contributed by atoms with Crippen LogP contribution in [-0.4, -0.2) is 11.3 Å². The van der Waals surface area contributed by atoms with Crippen LogP contribution >= 0.6 is 23.6 Å². The smallest absolute Gasteiger partial charge is 0.261 e. The first-order chi connectivity index (χ1) is 9.70. The van der Waals surface area contributed by atoms with Gasteiger partial charge in [-0.25, -0.2) is 0 Å². The molecule has 0 amide bonds. The Balaban J connectivity index is 1.76. The zero-order chi connectivity index (χ0) is 13.9. The summed E-state index contributed by atoms with van der Waals surface area (Å²) in [7, 11) is 0. The summed E-state index contributed by atoms with van der Waals surface area (Å²) in [5.41, 5.74) is 3.75. The summed E-state index contributed by atoms with van der Waals surface area (Å²) in [5, 5.41) is 5.77. The first-order valence-corrected chi connectivity index (χ1v) is 8.11. The molecule has 2 nitrogen and oxygen atoms in total. The van der Waals surface area contributed by atoms with Crippen molar-refractivity contribution in [3.05, 3.63) is 51.7 Å². The predicted molar refractivity (Wildman–Crippen MR) is 88.6 cm³/mol. The lowest BCUT2D eigenvalue weighted by Gasteiger charge is -2.09. The van der Waals surface area contributed by atoms with Crippen molar-refractivity contribution in [1.82, 2.24) is 0 Å². The first-order valence-electron chi connectivity index (χ1n) is 6.82. The molecule has 104 valence electrons. The molecule has 1 N–H and O–H groups in total. The third-order valence-electron chi connectivity index (χ3n) is 3.46. The molecule has 1 aromatic heterocycles. The van der Waals surface area contributed by atoms with Crippen molar-refractivity contribution >= 4 is 34.4 Å². The molecule has 0 bridgehead atoms. The summed E-state index contributed by atoms with van der Waals surface area (Å²) in [6.07, 6.45) is 3.21. The van der Waals surface area contributed by atoms with Crippen LogP contribution in [0.3, 0.4) is 0 Å². The molecule has 1 aliphatic heterocycles. The Morgan fingerprint density at radius 1 is 1.35 bits per heavy atom. The Morgan fingerprint density at radius 3 is 3.05 bits per heavy atom. The number of benzene rings is 1. The van der Waals surface area contributed by atoms with Crippen molar-refractivity contribution < 1.29 is 4.74 Å². The fraction of sp³-hybridized carbons (Fsp3) is 0.312. The molecule has 0 saturated carbocycles. The van der Waals surface area contributed by atoms with Crippen LogP contribution in [0.5, 0.6) is 0 Å². The van der Waals surface area contributed by atoms with E-state index in [9.17, 15) is 0 Å². The van der Waals surface area contributed by atoms with Gasteiger partial charge < -0.3 is 10.1 Å². The summed E-state index contributed by atoms with van der Waals surface area (Å²) in [5.74, 6) is 0. The lowest BCUT2D eigenvalue weighted by molar-refractivity contribution is 0.217. The van der Waals surface area contributed by atoms with Crippen molar-refractivity contribution in [2.75, 3.05) is 5.32 Å². The molecule has 1 aliphatic rings. The highest BCUT2D eigenvalue weighted by Crippen LogP contribution is 2.24. The predicted octanol–water partition coefficient (Wildman–Crippen LogP) is 4.19. The van der Waals surface area contributed by atoms with Gasteiger partial charge in [0.25, 0.3) is 5.17 Å². The maximum Gasteiger partial charge on any atom is 0.261 e. The number of ether oxygens (including phenoxy) is 1. The van der Waals surface area contributed by atoms with E-state index in [4.69, 9.17) is 17.0 Å². The standard InChI is InChI=1S/C16H17NOS2/c1-11-9-13-10-12(4-6-14-3-2-8-20-14)5-7-15(13)17-16(19)18-11/h2-3,5,7-8,10-11H,4,6,9H2,1H3,(H,17,19). The number of nitrogens with one attached hydrogen (secondary N) is 1. The van der Waals surface area contributed by atoms with Crippen LogP contribution in [0, 0.1) is 0 Å². The van der Waals surface area contributed by atoms with Gasteiger partial charge in [0, 0.05) is 17.0 Å². The molecule has 20 heavy (non-hydrogen) atoms. The molecule has 1 aromatic carbocycles. The monoisotopic (exact) mass is 303 g/mol. The van der Waals surface area contributed by atoms with Crippen molar-refractivity contribution in [3.8, 4) is 0 Å². The van der Waals surface area contributed by atoms with Gasteiger partial charge in [-0.3, -0.25) is 0 Å². The fourth-order valence-corrected chi connectivity index (χ4v) is 3.47. The minimum atomic E-state index is 0.129. The zero-order valence-electron chi connectivity index (χ0n) is 11.4. The van der Waals surface area contributed by atoms with Crippen LogP contribution in [0.4, 0.5) is 5.69 Å². The Hall–Kier alpha value is -1.39. The minimum Gasteiger partial charge on any atom is -0.467 e. The van der Waals surface area contributed by atoms with Gasteiger partial charge in [-0.15, -0.1) is 11.3 Å². The van der Waals surface area contributed by atoms with Crippen molar-refractivity contribution in [1.29, 1.82) is 0 Å². The maximum absolute atomic E-state index is 5.57. The number of aryl methyl sites for hydroxylation is 2. The van der Waals surface area contributed by atoms with Crippen LogP contribution in [0.15, 0.2) is 35.7 Å². The van der Waals surface area contributed by atoms with Crippen molar-refractivity contribution in [3.63, 3.8) is 0 Å². The van der Waals surface area contributed by atoms with E-state index in [1.54, 1.807) is 0 Å². The second-order valence-electron chi connectivity index (χ2n) is 5.12. The molecule has 2 aromatic rings. The molecule has 3 rings (SSSR count). The molecule has 0 aliphatic carbocycles. The summed E-state index contributed by atoms with van der Waals surface area (Å²) in [6, 6.07) is 10.9. The molecule has 2 heterocycles. The molecule has 1 unspecified atom stereocenters. The van der Waals surface area contributed by atoms with Crippen LogP contribution < -0.4 is 5.32 Å². The largest absolute Gasteiger partial charge is 0.467 e. The van der Waals surface area contributed by atoms with E-state index >= 15 is 0 Å². The molecule has 1 atom stereocenters. The number of hydrogen-bond donors (Lipinski definition) is 1. The van der Waals surface area contributed by atoms with Gasteiger partial charge in [-0.1, -0.05) is 18.2 Å². The second-order valence-corrected chi connectivity index (χ2v) is 6.52. The summed E-state index contributed by atoms with van der Waals surface area (Å²) in [4.78, 5) is 1.44. The number of rotatable bonds is 3. The van der Waals surface area contributed by atoms with Crippen LogP contribution in [0.1, 0.15) is 22.9 Å². The van der Waals surface area contributed by atoms with Crippen LogP contribution in [0.2, 0.25) is 0 Å². The Labute approximate surface area is 128 Å². The van der Waals surface area contributed by atoms with Gasteiger partial charge in [0.15, 0.2) is 0 Å². The lowest BCUT2D eigenvalue weighted by Crippen LogP contribution is -2.16. The second kappa shape index (κ2) is 5.94. The van der Waals surface area contributed by atoms with Gasteiger partial charge in [0.2, 0.25) is 0 Å². The maximum atomic E-state index is 5.57.